The van der Waals surface area contributed by atoms with Gasteiger partial charge in [0.25, 0.3) is 0 Å². The van der Waals surface area contributed by atoms with Crippen LogP contribution in [0.2, 0.25) is 0 Å². The molecule has 306 valence electrons. The minimum atomic E-state index is -0.684. The predicted molar refractivity (Wildman–Crippen MR) is 221 cm³/mol. The number of aryl methyl sites for hydroxylation is 2. The van der Waals surface area contributed by atoms with Gasteiger partial charge < -0.3 is 39.9 Å². The molecule has 3 aromatic carbocycles. The molecule has 4 heterocycles. The van der Waals surface area contributed by atoms with E-state index in [0.717, 1.165) is 83.4 Å². The smallest absolute Gasteiger partial charge is 0.407 e. The van der Waals surface area contributed by atoms with Gasteiger partial charge in [-0.1, -0.05) is 64.1 Å². The van der Waals surface area contributed by atoms with E-state index in [-0.39, 0.29) is 35.7 Å². The van der Waals surface area contributed by atoms with Gasteiger partial charge in [-0.15, -0.1) is 0 Å². The third kappa shape index (κ3) is 8.51. The zero-order chi connectivity index (χ0) is 41.1. The van der Waals surface area contributed by atoms with Crippen molar-refractivity contribution >= 4 is 46.1 Å². The molecule has 5 aromatic rings. The average Bonchev–Trinajstić information content (AvgIpc) is 4.05. The number of imidazole rings is 2. The van der Waals surface area contributed by atoms with Crippen molar-refractivity contribution in [2.75, 3.05) is 27.3 Å². The number of H-pyrrole nitrogens is 2. The fraction of sp³-hybridized carbons (Fsp3) is 0.455. The Morgan fingerprint density at radius 3 is 1.60 bits per heavy atom. The van der Waals surface area contributed by atoms with Gasteiger partial charge in [0.05, 0.1) is 48.4 Å². The molecule has 0 bridgehead atoms. The van der Waals surface area contributed by atoms with Gasteiger partial charge in [-0.3, -0.25) is 9.59 Å². The third-order valence-corrected chi connectivity index (χ3v) is 11.5. The number of likely N-dealkylation sites (tertiary alicyclic amines) is 2. The van der Waals surface area contributed by atoms with E-state index in [2.05, 4.69) is 75.2 Å². The maximum absolute atomic E-state index is 13.6. The average molecular weight is 791 g/mol. The second kappa shape index (κ2) is 17.3. The fourth-order valence-corrected chi connectivity index (χ4v) is 8.29. The second-order valence-corrected chi connectivity index (χ2v) is 16.1. The summed E-state index contributed by atoms with van der Waals surface area (Å²) in [6, 6.07) is 19.4. The van der Waals surface area contributed by atoms with E-state index in [4.69, 9.17) is 19.4 Å². The lowest BCUT2D eigenvalue weighted by molar-refractivity contribution is -0.136. The fourth-order valence-electron chi connectivity index (χ4n) is 8.29. The van der Waals surface area contributed by atoms with Crippen molar-refractivity contribution in [3.05, 3.63) is 83.4 Å². The summed E-state index contributed by atoms with van der Waals surface area (Å²) in [5.74, 6) is 1.06. The van der Waals surface area contributed by atoms with Gasteiger partial charge in [0.1, 0.15) is 23.7 Å². The number of amides is 4. The van der Waals surface area contributed by atoms with Crippen molar-refractivity contribution in [1.29, 1.82) is 0 Å². The molecule has 4 N–H and O–H groups in total. The normalized spacial score (nSPS) is 17.9. The highest BCUT2D eigenvalue weighted by Gasteiger charge is 2.39. The van der Waals surface area contributed by atoms with Crippen LogP contribution in [0.25, 0.3) is 33.2 Å². The number of nitrogens with one attached hydrogen (secondary N) is 4. The first-order valence-corrected chi connectivity index (χ1v) is 20.3. The van der Waals surface area contributed by atoms with Gasteiger partial charge in [0.15, 0.2) is 0 Å². The topological polar surface area (TPSA) is 175 Å². The summed E-state index contributed by atoms with van der Waals surface area (Å²) in [6.07, 6.45) is 3.78. The first kappa shape index (κ1) is 40.3. The quantitative estimate of drug-likeness (QED) is 0.105. The number of carbonyl (C=O) groups is 4. The molecule has 0 saturated carbocycles. The molecule has 2 aliphatic heterocycles. The third-order valence-electron chi connectivity index (χ3n) is 11.5. The van der Waals surface area contributed by atoms with Crippen LogP contribution in [0.5, 0.6) is 0 Å². The minimum Gasteiger partial charge on any atom is -0.453 e. The number of benzene rings is 3. The molecule has 2 aliphatic rings. The van der Waals surface area contributed by atoms with Crippen LogP contribution in [0.15, 0.2) is 60.7 Å². The number of methoxy groups -OCH3 is 2. The Balaban J connectivity index is 0.991. The van der Waals surface area contributed by atoms with Crippen LogP contribution >= 0.6 is 0 Å². The summed E-state index contributed by atoms with van der Waals surface area (Å²) in [5, 5.41) is 5.42. The van der Waals surface area contributed by atoms with Crippen LogP contribution in [0, 0.1) is 11.8 Å². The highest BCUT2D eigenvalue weighted by molar-refractivity contribution is 5.88. The van der Waals surface area contributed by atoms with Crippen molar-refractivity contribution in [1.82, 2.24) is 40.4 Å². The van der Waals surface area contributed by atoms with Crippen molar-refractivity contribution < 1.29 is 28.7 Å². The van der Waals surface area contributed by atoms with Crippen LogP contribution in [-0.4, -0.2) is 93.1 Å². The van der Waals surface area contributed by atoms with Gasteiger partial charge in [-0.25, -0.2) is 19.6 Å². The maximum Gasteiger partial charge on any atom is 0.407 e. The Kier molecular flexibility index (Phi) is 12.0. The number of aromatic nitrogens is 4. The van der Waals surface area contributed by atoms with Crippen LogP contribution < -0.4 is 10.6 Å². The number of carbonyl (C=O) groups excluding carboxylic acids is 4. The molecule has 14 nitrogen and oxygen atoms in total. The van der Waals surface area contributed by atoms with Gasteiger partial charge in [0, 0.05) is 13.1 Å². The van der Waals surface area contributed by atoms with E-state index in [1.807, 2.05) is 43.6 Å². The molecular formula is C44H54N8O6. The SMILES string of the molecule is COC(=O)N[C@H](C(=O)N1CCC[C@H]1c1nc2cc(CCc3ccc(-c4ccc5[nH]c([C@@H]6CCCN6C(=O)[C@@H](NC(=O)OC)C(C)C)nc5c4)cc3)ccc2[nH]1)C(C)C. The molecule has 58 heavy (non-hydrogen) atoms. The number of hydrogen-bond acceptors (Lipinski definition) is 8. The van der Waals surface area contributed by atoms with Crippen LogP contribution in [0.4, 0.5) is 9.59 Å². The van der Waals surface area contributed by atoms with E-state index in [9.17, 15) is 19.2 Å². The summed E-state index contributed by atoms with van der Waals surface area (Å²) in [5.41, 5.74) is 8.09. The largest absolute Gasteiger partial charge is 0.453 e. The summed E-state index contributed by atoms with van der Waals surface area (Å²) < 4.78 is 9.54. The van der Waals surface area contributed by atoms with E-state index in [1.165, 1.54) is 25.3 Å². The minimum absolute atomic E-state index is 0.0966. The lowest BCUT2D eigenvalue weighted by atomic mass is 10.00. The number of rotatable bonds is 12. The number of aromatic amines is 2. The standard InChI is InChI=1S/C44H54N8O6/c1-25(2)37(49-43(55)57-5)41(53)51-21-7-9-35(51)39-45-31-19-15-28(23-33(31)47-39)12-11-27-13-16-29(17-14-27)30-18-20-32-34(24-30)48-40(46-32)36-10-8-22-52(36)42(54)38(26(3)4)50-44(56)58-6/h13-20,23-26,35-38H,7-12,21-22H2,1-6H3,(H,45,47)(H,46,48)(H,49,55)(H,50,56)/t35-,36-,37-,38-/m0/s1. The Bertz CT molecular complexity index is 2280. The first-order chi connectivity index (χ1) is 27.9. The highest BCUT2D eigenvalue weighted by Crippen LogP contribution is 2.35. The highest BCUT2D eigenvalue weighted by atomic mass is 16.5. The summed E-state index contributed by atoms with van der Waals surface area (Å²) in [7, 11) is 2.59. The van der Waals surface area contributed by atoms with Gasteiger partial charge in [0.2, 0.25) is 11.8 Å². The zero-order valence-electron chi connectivity index (χ0n) is 34.1. The second-order valence-electron chi connectivity index (χ2n) is 16.1. The molecule has 2 aromatic heterocycles. The maximum atomic E-state index is 13.6. The molecule has 4 amide bonds. The zero-order valence-corrected chi connectivity index (χ0v) is 34.1. The lowest BCUT2D eigenvalue weighted by Crippen LogP contribution is -2.51. The number of ether oxygens (including phenoxy) is 2. The summed E-state index contributed by atoms with van der Waals surface area (Å²) >= 11 is 0. The lowest BCUT2D eigenvalue weighted by Gasteiger charge is -2.29. The number of alkyl carbamates (subject to hydrolysis) is 2. The number of nitrogens with zero attached hydrogens (tertiary/aromatic N) is 4. The number of hydrogen-bond donors (Lipinski definition) is 4. The van der Waals surface area contributed by atoms with Crippen molar-refractivity contribution in [2.45, 2.75) is 90.4 Å². The Morgan fingerprint density at radius 1 is 0.655 bits per heavy atom. The van der Waals surface area contributed by atoms with E-state index >= 15 is 0 Å². The van der Waals surface area contributed by atoms with E-state index in [0.29, 0.717) is 13.1 Å². The Hall–Kier alpha value is -5.92. The molecule has 0 spiro atoms. The molecule has 0 radical (unpaired) electrons. The molecule has 14 heteroatoms. The van der Waals surface area contributed by atoms with Crippen molar-refractivity contribution in [3.8, 4) is 11.1 Å². The molecule has 2 fully saturated rings. The Labute approximate surface area is 338 Å². The van der Waals surface area contributed by atoms with E-state index in [1.54, 1.807) is 0 Å². The molecule has 7 rings (SSSR count). The number of fused-ring (bicyclic) bond motifs is 2. The van der Waals surface area contributed by atoms with Gasteiger partial charge >= 0.3 is 12.2 Å². The van der Waals surface area contributed by atoms with Gasteiger partial charge in [-0.05, 0) is 96.9 Å². The molecular weight excluding hydrogens is 737 g/mol. The van der Waals surface area contributed by atoms with Gasteiger partial charge in [-0.2, -0.15) is 0 Å². The summed E-state index contributed by atoms with van der Waals surface area (Å²) in [6.45, 7) is 8.85. The van der Waals surface area contributed by atoms with Crippen LogP contribution in [-0.2, 0) is 31.9 Å². The van der Waals surface area contributed by atoms with Crippen molar-refractivity contribution in [3.63, 3.8) is 0 Å². The molecule has 0 unspecified atom stereocenters. The molecule has 0 aliphatic carbocycles. The van der Waals surface area contributed by atoms with Crippen LogP contribution in [0.3, 0.4) is 0 Å². The molecule has 4 atom stereocenters. The monoisotopic (exact) mass is 790 g/mol. The summed E-state index contributed by atoms with van der Waals surface area (Å²) in [4.78, 5) is 71.6. The molecule has 2 saturated heterocycles. The predicted octanol–water partition coefficient (Wildman–Crippen LogP) is 6.98. The van der Waals surface area contributed by atoms with E-state index < -0.39 is 24.3 Å². The Morgan fingerprint density at radius 2 is 1.10 bits per heavy atom. The van der Waals surface area contributed by atoms with Crippen molar-refractivity contribution in [2.24, 2.45) is 11.8 Å². The first-order valence-electron chi connectivity index (χ1n) is 20.3. The van der Waals surface area contributed by atoms with Crippen LogP contribution in [0.1, 0.15) is 88.2 Å².